The molecule has 0 spiro atoms. The molecule has 2 fully saturated rings. The molecule has 49 heavy (non-hydrogen) atoms. The molecule has 2 saturated heterocycles. The van der Waals surface area contributed by atoms with Crippen LogP contribution in [-0.4, -0.2) is 64.5 Å². The average Bonchev–Trinajstić information content (AvgIpc) is 3.81. The van der Waals surface area contributed by atoms with E-state index >= 15 is 0 Å². The molecular formula is C39H42N4O6. The lowest BCUT2D eigenvalue weighted by molar-refractivity contribution is -0.139. The Morgan fingerprint density at radius 2 is 1.61 bits per heavy atom. The summed E-state index contributed by atoms with van der Waals surface area (Å²) in [6, 6.07) is 20.6. The van der Waals surface area contributed by atoms with Gasteiger partial charge in [0.15, 0.2) is 5.60 Å². The first-order valence-electron chi connectivity index (χ1n) is 17.2. The Hall–Kier alpha value is -4.80. The van der Waals surface area contributed by atoms with Gasteiger partial charge in [0.1, 0.15) is 0 Å². The van der Waals surface area contributed by atoms with E-state index < -0.39 is 17.4 Å². The number of aliphatic hydroxyl groups is 2. The molecule has 2 N–H and O–H groups in total. The third-order valence-electron chi connectivity index (χ3n) is 10.5. The van der Waals surface area contributed by atoms with E-state index in [1.54, 1.807) is 50.8 Å². The molecular weight excluding hydrogens is 620 g/mol. The number of aliphatic hydroxyl groups excluding tert-OH is 1. The van der Waals surface area contributed by atoms with Crippen LogP contribution in [0.25, 0.3) is 0 Å². The lowest BCUT2D eigenvalue weighted by Gasteiger charge is -2.36. The van der Waals surface area contributed by atoms with Crippen molar-refractivity contribution in [1.82, 2.24) is 4.90 Å². The van der Waals surface area contributed by atoms with Crippen molar-refractivity contribution >= 4 is 40.7 Å². The van der Waals surface area contributed by atoms with E-state index in [0.29, 0.717) is 55.8 Å². The summed E-state index contributed by atoms with van der Waals surface area (Å²) in [4.78, 5) is 59.6. The summed E-state index contributed by atoms with van der Waals surface area (Å²) in [5.74, 6) is -1.27. The largest absolute Gasteiger partial charge is 0.394 e. The molecule has 3 aromatic carbocycles. The molecule has 10 heteroatoms. The fourth-order valence-corrected chi connectivity index (χ4v) is 7.78. The molecule has 3 aromatic rings. The average molecular weight is 663 g/mol. The van der Waals surface area contributed by atoms with Gasteiger partial charge in [-0.3, -0.25) is 19.2 Å². The first-order valence-corrected chi connectivity index (χ1v) is 17.2. The zero-order valence-electron chi connectivity index (χ0n) is 27.8. The minimum Gasteiger partial charge on any atom is -0.394 e. The number of nitrogens with zero attached hydrogens (tertiary/aromatic N) is 4. The van der Waals surface area contributed by atoms with Crippen LogP contribution in [0.4, 0.5) is 17.1 Å². The van der Waals surface area contributed by atoms with Crippen molar-refractivity contribution in [3.05, 3.63) is 101 Å². The van der Waals surface area contributed by atoms with E-state index in [1.165, 1.54) is 0 Å². The Labute approximate surface area is 286 Å². The second-order valence-electron chi connectivity index (χ2n) is 13.6. The van der Waals surface area contributed by atoms with E-state index in [0.717, 1.165) is 35.2 Å². The van der Waals surface area contributed by atoms with Crippen LogP contribution in [0.1, 0.15) is 61.3 Å². The lowest BCUT2D eigenvalue weighted by atomic mass is 9.82. The molecule has 4 aliphatic heterocycles. The van der Waals surface area contributed by atoms with Crippen LogP contribution in [0.5, 0.6) is 0 Å². The minimum atomic E-state index is -1.95. The smallest absolute Gasteiger partial charge is 0.264 e. The summed E-state index contributed by atoms with van der Waals surface area (Å²) in [6.07, 6.45) is 6.56. The van der Waals surface area contributed by atoms with Gasteiger partial charge in [0.25, 0.3) is 5.91 Å². The zero-order chi connectivity index (χ0) is 34.3. The topological polar surface area (TPSA) is 122 Å². The fraction of sp³-hybridized carbons (Fsp3) is 0.385. The SMILES string of the molecule is C[C@@H](/C=C/CC(=O)N1Cc2ccccc2C[C@H]1CO)[C@]1(O)C(=O)N(Cc2cccc(N3CCCC3=O)c2)c2ccc(N3CCCC3=O)cc21. The highest BCUT2D eigenvalue weighted by atomic mass is 16.3. The highest BCUT2D eigenvalue weighted by Crippen LogP contribution is 2.47. The monoisotopic (exact) mass is 662 g/mol. The molecule has 10 nitrogen and oxygen atoms in total. The molecule has 3 atom stereocenters. The number of hydrogen-bond acceptors (Lipinski definition) is 6. The second kappa shape index (κ2) is 13.2. The van der Waals surface area contributed by atoms with Gasteiger partial charge in [0.2, 0.25) is 17.7 Å². The van der Waals surface area contributed by atoms with Gasteiger partial charge in [-0.25, -0.2) is 0 Å². The summed E-state index contributed by atoms with van der Waals surface area (Å²) in [7, 11) is 0. The van der Waals surface area contributed by atoms with Gasteiger partial charge in [-0.1, -0.05) is 55.5 Å². The number of fused-ring (bicyclic) bond motifs is 2. The highest BCUT2D eigenvalue weighted by Gasteiger charge is 2.53. The van der Waals surface area contributed by atoms with Crippen LogP contribution in [0, 0.1) is 5.92 Å². The summed E-state index contributed by atoms with van der Waals surface area (Å²) in [6.45, 7) is 3.44. The van der Waals surface area contributed by atoms with Gasteiger partial charge in [0, 0.05) is 61.8 Å². The predicted octanol–water partition coefficient (Wildman–Crippen LogP) is 4.20. The van der Waals surface area contributed by atoms with E-state index in [2.05, 4.69) is 0 Å². The molecule has 0 bridgehead atoms. The number of hydrogen-bond donors (Lipinski definition) is 2. The quantitative estimate of drug-likeness (QED) is 0.332. The standard InChI is InChI=1S/C39H42N4O6/c1-26(8-4-13-37(47)42-24-29-11-3-2-10-28(29)21-32(42)25-44)39(49)33-22-31(41-19-7-15-36(41)46)16-17-34(33)43(38(39)48)23-27-9-5-12-30(20-27)40-18-6-14-35(40)45/h2-5,8-12,16-17,20,22,26,32,44,49H,6-7,13-15,18-19,21,23-25H2,1H3/b8-4+/t26-,32-,39+/m0/s1. The fourth-order valence-electron chi connectivity index (χ4n) is 7.78. The molecule has 254 valence electrons. The zero-order valence-corrected chi connectivity index (χ0v) is 27.8. The Kier molecular flexibility index (Phi) is 8.85. The number of carbonyl (C=O) groups excluding carboxylic acids is 4. The summed E-state index contributed by atoms with van der Waals surface area (Å²) in [5, 5.41) is 22.5. The Balaban J connectivity index is 1.15. The van der Waals surface area contributed by atoms with Crippen LogP contribution in [0.2, 0.25) is 0 Å². The van der Waals surface area contributed by atoms with Crippen molar-refractivity contribution < 1.29 is 29.4 Å². The second-order valence-corrected chi connectivity index (χ2v) is 13.6. The van der Waals surface area contributed by atoms with Crippen molar-refractivity contribution in [3.63, 3.8) is 0 Å². The molecule has 0 aliphatic carbocycles. The Morgan fingerprint density at radius 1 is 0.918 bits per heavy atom. The maximum absolute atomic E-state index is 14.4. The van der Waals surface area contributed by atoms with Gasteiger partial charge in [0.05, 0.1) is 24.9 Å². The van der Waals surface area contributed by atoms with Crippen molar-refractivity contribution in [1.29, 1.82) is 0 Å². The van der Waals surface area contributed by atoms with Gasteiger partial charge in [-0.15, -0.1) is 0 Å². The lowest BCUT2D eigenvalue weighted by Crippen LogP contribution is -2.46. The third kappa shape index (κ3) is 5.93. The highest BCUT2D eigenvalue weighted by molar-refractivity contribution is 6.08. The number of amides is 4. The molecule has 0 unspecified atom stereocenters. The van der Waals surface area contributed by atoms with Gasteiger partial charge in [-0.05, 0) is 66.3 Å². The van der Waals surface area contributed by atoms with Crippen molar-refractivity contribution in [3.8, 4) is 0 Å². The van der Waals surface area contributed by atoms with Crippen LogP contribution >= 0.6 is 0 Å². The van der Waals surface area contributed by atoms with E-state index in [-0.39, 0.29) is 43.3 Å². The van der Waals surface area contributed by atoms with Crippen molar-refractivity contribution in [2.45, 2.75) is 70.2 Å². The van der Waals surface area contributed by atoms with Gasteiger partial charge in [-0.2, -0.15) is 0 Å². The summed E-state index contributed by atoms with van der Waals surface area (Å²) < 4.78 is 0. The van der Waals surface area contributed by atoms with Crippen LogP contribution in [0.15, 0.2) is 78.9 Å². The van der Waals surface area contributed by atoms with Crippen LogP contribution in [0.3, 0.4) is 0 Å². The Morgan fingerprint density at radius 3 is 2.29 bits per heavy atom. The Bertz CT molecular complexity index is 1840. The molecule has 0 saturated carbocycles. The summed E-state index contributed by atoms with van der Waals surface area (Å²) >= 11 is 0. The number of anilines is 3. The van der Waals surface area contributed by atoms with Crippen molar-refractivity contribution in [2.75, 3.05) is 34.4 Å². The molecule has 0 aromatic heterocycles. The number of rotatable bonds is 9. The minimum absolute atomic E-state index is 0.00548. The maximum Gasteiger partial charge on any atom is 0.264 e. The number of carbonyl (C=O) groups is 4. The predicted molar refractivity (Wildman–Crippen MR) is 186 cm³/mol. The van der Waals surface area contributed by atoms with Gasteiger partial charge < -0.3 is 29.8 Å². The third-order valence-corrected chi connectivity index (χ3v) is 10.5. The first-order chi connectivity index (χ1) is 23.7. The van der Waals surface area contributed by atoms with Gasteiger partial charge >= 0.3 is 0 Å². The number of benzene rings is 3. The molecule has 7 rings (SSSR count). The van der Waals surface area contributed by atoms with Crippen LogP contribution in [-0.2, 0) is 44.3 Å². The maximum atomic E-state index is 14.4. The summed E-state index contributed by atoms with van der Waals surface area (Å²) in [5.41, 5.74) is 3.44. The van der Waals surface area contributed by atoms with E-state index in [9.17, 15) is 29.4 Å². The first kappa shape index (κ1) is 32.7. The van der Waals surface area contributed by atoms with Crippen LogP contribution < -0.4 is 14.7 Å². The normalized spacial score (nSPS) is 22.8. The molecule has 0 radical (unpaired) electrons. The molecule has 4 aliphatic rings. The van der Waals surface area contributed by atoms with E-state index in [1.807, 2.05) is 54.6 Å². The molecule has 4 amide bonds. The van der Waals surface area contributed by atoms with E-state index in [4.69, 9.17) is 0 Å². The van der Waals surface area contributed by atoms with Crippen molar-refractivity contribution in [2.24, 2.45) is 5.92 Å². The molecule has 4 heterocycles.